The van der Waals surface area contributed by atoms with Crippen molar-refractivity contribution in [2.45, 2.75) is 24.9 Å². The highest BCUT2D eigenvalue weighted by Gasteiger charge is 2.45. The Morgan fingerprint density at radius 2 is 2.23 bits per heavy atom. The van der Waals surface area contributed by atoms with Crippen LogP contribution in [0, 0.1) is 0 Å². The fourth-order valence-electron chi connectivity index (χ4n) is 1.40. The predicted octanol–water partition coefficient (Wildman–Crippen LogP) is 0.392. The number of allylic oxidation sites excluding steroid dienone is 1. The highest BCUT2D eigenvalue weighted by Crippen LogP contribution is 2.30. The lowest BCUT2D eigenvalue weighted by molar-refractivity contribution is -0.104. The standard InChI is InChI=1S/C8H8O5/c9-3-1-2-5-4-6-7(11-5)13-8(10)12-6/h1-3,5-7H,4H2/b2-1+/t5-,6-,7-/m1/s1. The summed E-state index contributed by atoms with van der Waals surface area (Å²) in [5.74, 6) is 0. The lowest BCUT2D eigenvalue weighted by atomic mass is 10.2. The molecule has 13 heavy (non-hydrogen) atoms. The molecular formula is C8H8O5. The molecule has 0 amide bonds. The van der Waals surface area contributed by atoms with Crippen LogP contribution >= 0.6 is 0 Å². The summed E-state index contributed by atoms with van der Waals surface area (Å²) < 4.78 is 14.7. The predicted molar refractivity (Wildman–Crippen MR) is 39.8 cm³/mol. The second-order valence-electron chi connectivity index (χ2n) is 2.82. The summed E-state index contributed by atoms with van der Waals surface area (Å²) in [5, 5.41) is 0. The van der Waals surface area contributed by atoms with Crippen LogP contribution in [0.2, 0.25) is 0 Å². The van der Waals surface area contributed by atoms with E-state index in [0.717, 1.165) is 0 Å². The largest absolute Gasteiger partial charge is 0.511 e. The van der Waals surface area contributed by atoms with Gasteiger partial charge >= 0.3 is 6.16 Å². The second-order valence-corrected chi connectivity index (χ2v) is 2.82. The van der Waals surface area contributed by atoms with E-state index in [1.165, 1.54) is 6.08 Å². The maximum Gasteiger partial charge on any atom is 0.511 e. The van der Waals surface area contributed by atoms with Crippen molar-refractivity contribution in [2.24, 2.45) is 0 Å². The van der Waals surface area contributed by atoms with Crippen molar-refractivity contribution in [1.82, 2.24) is 0 Å². The van der Waals surface area contributed by atoms with Crippen molar-refractivity contribution in [2.75, 3.05) is 0 Å². The molecule has 0 N–H and O–H groups in total. The molecule has 0 aromatic rings. The molecule has 5 nitrogen and oxygen atoms in total. The van der Waals surface area contributed by atoms with Gasteiger partial charge < -0.3 is 14.2 Å². The van der Waals surface area contributed by atoms with E-state index in [1.807, 2.05) is 0 Å². The van der Waals surface area contributed by atoms with Gasteiger partial charge in [-0.2, -0.15) is 0 Å². The molecule has 2 saturated heterocycles. The lowest BCUT2D eigenvalue weighted by Gasteiger charge is -2.04. The third-order valence-electron chi connectivity index (χ3n) is 1.94. The van der Waals surface area contributed by atoms with E-state index in [-0.39, 0.29) is 12.2 Å². The monoisotopic (exact) mass is 184 g/mol. The number of aldehydes is 1. The molecule has 70 valence electrons. The first-order valence-corrected chi connectivity index (χ1v) is 3.94. The molecule has 0 aliphatic carbocycles. The first kappa shape index (κ1) is 8.25. The van der Waals surface area contributed by atoms with Gasteiger partial charge in [0.2, 0.25) is 6.29 Å². The molecule has 2 rings (SSSR count). The Hall–Kier alpha value is -1.36. The van der Waals surface area contributed by atoms with Gasteiger partial charge in [0.15, 0.2) is 6.10 Å². The number of ether oxygens (including phenoxy) is 3. The Morgan fingerprint density at radius 1 is 1.38 bits per heavy atom. The zero-order valence-corrected chi connectivity index (χ0v) is 6.71. The van der Waals surface area contributed by atoms with Crippen molar-refractivity contribution in [3.8, 4) is 0 Å². The van der Waals surface area contributed by atoms with Gasteiger partial charge in [-0.1, -0.05) is 6.08 Å². The van der Waals surface area contributed by atoms with Crippen LogP contribution in [0.1, 0.15) is 6.42 Å². The average Bonchev–Trinajstić information content (AvgIpc) is 2.57. The van der Waals surface area contributed by atoms with Gasteiger partial charge in [0.25, 0.3) is 0 Å². The van der Waals surface area contributed by atoms with Crippen LogP contribution in [0.25, 0.3) is 0 Å². The Morgan fingerprint density at radius 3 is 2.92 bits per heavy atom. The molecule has 0 unspecified atom stereocenters. The molecule has 0 spiro atoms. The minimum absolute atomic E-state index is 0.201. The van der Waals surface area contributed by atoms with E-state index >= 15 is 0 Å². The minimum Gasteiger partial charge on any atom is -0.424 e. The number of carbonyl (C=O) groups excluding carboxylic acids is 2. The molecule has 0 aromatic carbocycles. The number of hydrogen-bond donors (Lipinski definition) is 0. The first-order chi connectivity index (χ1) is 6.29. The maximum absolute atomic E-state index is 10.6. The molecule has 0 saturated carbocycles. The Kier molecular flexibility index (Phi) is 2.02. The minimum atomic E-state index is -0.687. The van der Waals surface area contributed by atoms with Gasteiger partial charge in [0.05, 0.1) is 6.10 Å². The summed E-state index contributed by atoms with van der Waals surface area (Å²) in [5.41, 5.74) is 0. The molecule has 2 aliphatic rings. The quantitative estimate of drug-likeness (QED) is 0.353. The molecular weight excluding hydrogens is 176 g/mol. The summed E-state index contributed by atoms with van der Waals surface area (Å²) in [4.78, 5) is 20.6. The Labute approximate surface area is 74.3 Å². The molecule has 5 heteroatoms. The smallest absolute Gasteiger partial charge is 0.424 e. The number of hydrogen-bond acceptors (Lipinski definition) is 5. The van der Waals surface area contributed by atoms with Gasteiger partial charge in [0.1, 0.15) is 6.29 Å². The third-order valence-corrected chi connectivity index (χ3v) is 1.94. The third kappa shape index (κ3) is 1.55. The number of carbonyl (C=O) groups is 2. The normalized spacial score (nSPS) is 37.2. The van der Waals surface area contributed by atoms with E-state index < -0.39 is 12.4 Å². The lowest BCUT2D eigenvalue weighted by Crippen LogP contribution is -2.15. The van der Waals surface area contributed by atoms with Crippen molar-refractivity contribution >= 4 is 12.4 Å². The summed E-state index contributed by atoms with van der Waals surface area (Å²) in [6.07, 6.45) is 2.37. The molecule has 3 atom stereocenters. The van der Waals surface area contributed by atoms with Gasteiger partial charge in [-0.25, -0.2) is 4.79 Å². The zero-order valence-electron chi connectivity index (χ0n) is 6.71. The van der Waals surface area contributed by atoms with Crippen LogP contribution < -0.4 is 0 Å². The van der Waals surface area contributed by atoms with Crippen LogP contribution in [0.4, 0.5) is 4.79 Å². The van der Waals surface area contributed by atoms with Gasteiger partial charge in [-0.3, -0.25) is 4.79 Å². The van der Waals surface area contributed by atoms with Crippen LogP contribution in [-0.4, -0.2) is 30.9 Å². The molecule has 0 radical (unpaired) electrons. The number of fused-ring (bicyclic) bond motifs is 1. The van der Waals surface area contributed by atoms with Crippen molar-refractivity contribution in [3.63, 3.8) is 0 Å². The maximum atomic E-state index is 10.6. The van der Waals surface area contributed by atoms with Crippen molar-refractivity contribution in [1.29, 1.82) is 0 Å². The van der Waals surface area contributed by atoms with Crippen LogP contribution in [0.15, 0.2) is 12.2 Å². The fourth-order valence-corrected chi connectivity index (χ4v) is 1.40. The molecule has 2 fully saturated rings. The van der Waals surface area contributed by atoms with Crippen LogP contribution in [-0.2, 0) is 19.0 Å². The first-order valence-electron chi connectivity index (χ1n) is 3.94. The Bertz CT molecular complexity index is 243. The highest BCUT2D eigenvalue weighted by molar-refractivity contribution is 5.65. The van der Waals surface area contributed by atoms with E-state index in [9.17, 15) is 9.59 Å². The SMILES string of the molecule is O=C/C=C/[C@@H]1C[C@H]2OC(=O)O[C@H]2O1. The summed E-state index contributed by atoms with van der Waals surface area (Å²) in [6.45, 7) is 0. The fraction of sp³-hybridized carbons (Fsp3) is 0.500. The Balaban J connectivity index is 1.93. The van der Waals surface area contributed by atoms with E-state index in [1.54, 1.807) is 6.08 Å². The van der Waals surface area contributed by atoms with E-state index in [4.69, 9.17) is 9.47 Å². The highest BCUT2D eigenvalue weighted by atomic mass is 16.8. The summed E-state index contributed by atoms with van der Waals surface area (Å²) in [7, 11) is 0. The molecule has 2 aliphatic heterocycles. The van der Waals surface area contributed by atoms with Crippen molar-refractivity contribution < 1.29 is 23.8 Å². The van der Waals surface area contributed by atoms with E-state index in [2.05, 4.69) is 4.74 Å². The van der Waals surface area contributed by atoms with Gasteiger partial charge in [0, 0.05) is 6.42 Å². The average molecular weight is 184 g/mol. The number of rotatable bonds is 2. The molecule has 0 bridgehead atoms. The van der Waals surface area contributed by atoms with Gasteiger partial charge in [-0.15, -0.1) is 0 Å². The summed E-state index contributed by atoms with van der Waals surface area (Å²) in [6, 6.07) is 0. The van der Waals surface area contributed by atoms with E-state index in [0.29, 0.717) is 12.7 Å². The summed E-state index contributed by atoms with van der Waals surface area (Å²) >= 11 is 0. The molecule has 0 aromatic heterocycles. The molecule has 2 heterocycles. The van der Waals surface area contributed by atoms with Crippen LogP contribution in [0.5, 0.6) is 0 Å². The zero-order chi connectivity index (χ0) is 9.26. The van der Waals surface area contributed by atoms with Gasteiger partial charge in [-0.05, 0) is 6.08 Å². The van der Waals surface area contributed by atoms with Crippen LogP contribution in [0.3, 0.4) is 0 Å². The second kappa shape index (κ2) is 3.18. The topological polar surface area (TPSA) is 61.8 Å². The van der Waals surface area contributed by atoms with Crippen molar-refractivity contribution in [3.05, 3.63) is 12.2 Å².